The fraction of sp³-hybridized carbons (Fsp3) is 0.316. The molecule has 1 aromatic carbocycles. The first-order valence-electron chi connectivity index (χ1n) is 8.68. The number of hydrogen-bond acceptors (Lipinski definition) is 3. The van der Waals surface area contributed by atoms with Crippen LogP contribution in [0.2, 0.25) is 5.02 Å². The fourth-order valence-corrected chi connectivity index (χ4v) is 2.98. The molecule has 1 amide bonds. The molecule has 0 saturated heterocycles. The summed E-state index contributed by atoms with van der Waals surface area (Å²) in [5, 5.41) is 15.1. The Bertz CT molecular complexity index is 957. The molecule has 2 heterocycles. The van der Waals surface area contributed by atoms with Crippen LogP contribution in [0.5, 0.6) is 0 Å². The molecular formula is C19H20ClN5O. The molecule has 7 heteroatoms. The first kappa shape index (κ1) is 16.8. The van der Waals surface area contributed by atoms with Crippen LogP contribution >= 0.6 is 11.6 Å². The molecule has 3 aromatic rings. The minimum atomic E-state index is -0.335. The zero-order valence-corrected chi connectivity index (χ0v) is 15.4. The van der Waals surface area contributed by atoms with Crippen molar-refractivity contribution in [3.8, 4) is 5.69 Å². The second-order valence-corrected chi connectivity index (χ2v) is 7.25. The molecule has 2 N–H and O–H groups in total. The molecule has 134 valence electrons. The van der Waals surface area contributed by atoms with Gasteiger partial charge in [0, 0.05) is 34.5 Å². The Morgan fingerprint density at radius 1 is 1.38 bits per heavy atom. The molecule has 26 heavy (non-hydrogen) atoms. The summed E-state index contributed by atoms with van der Waals surface area (Å²) < 4.78 is 1.75. The molecule has 0 spiro atoms. The number of aromatic nitrogens is 4. The van der Waals surface area contributed by atoms with E-state index in [1.54, 1.807) is 10.9 Å². The lowest BCUT2D eigenvalue weighted by atomic mass is 10.0. The van der Waals surface area contributed by atoms with E-state index in [2.05, 4.69) is 20.6 Å². The van der Waals surface area contributed by atoms with E-state index >= 15 is 0 Å². The van der Waals surface area contributed by atoms with Gasteiger partial charge in [-0.1, -0.05) is 11.6 Å². The maximum absolute atomic E-state index is 12.5. The number of halogens is 1. The summed E-state index contributed by atoms with van der Waals surface area (Å²) in [7, 11) is 0. The number of aromatic amines is 1. The van der Waals surface area contributed by atoms with Gasteiger partial charge in [-0.05, 0) is 50.5 Å². The van der Waals surface area contributed by atoms with Crippen LogP contribution in [0.15, 0.2) is 36.7 Å². The predicted octanol–water partition coefficient (Wildman–Crippen LogP) is 4.18. The lowest BCUT2D eigenvalue weighted by Crippen LogP contribution is -2.18. The summed E-state index contributed by atoms with van der Waals surface area (Å²) in [4.78, 5) is 12.5. The van der Waals surface area contributed by atoms with Crippen molar-refractivity contribution in [1.82, 2.24) is 20.0 Å². The topological polar surface area (TPSA) is 75.6 Å². The average molecular weight is 370 g/mol. The fourth-order valence-electron chi connectivity index (χ4n) is 2.86. The molecule has 0 bridgehead atoms. The summed E-state index contributed by atoms with van der Waals surface area (Å²) in [6.45, 7) is 3.81. The molecular weight excluding hydrogens is 350 g/mol. The lowest BCUT2D eigenvalue weighted by molar-refractivity contribution is -0.117. The highest BCUT2D eigenvalue weighted by Crippen LogP contribution is 2.39. The second kappa shape index (κ2) is 6.61. The van der Waals surface area contributed by atoms with Crippen molar-refractivity contribution in [3.63, 3.8) is 0 Å². The van der Waals surface area contributed by atoms with E-state index in [1.807, 2.05) is 44.3 Å². The molecule has 6 nitrogen and oxygen atoms in total. The predicted molar refractivity (Wildman–Crippen MR) is 101 cm³/mol. The van der Waals surface area contributed by atoms with E-state index in [-0.39, 0.29) is 11.8 Å². The van der Waals surface area contributed by atoms with Crippen molar-refractivity contribution in [2.24, 2.45) is 0 Å². The monoisotopic (exact) mass is 369 g/mol. The highest BCUT2D eigenvalue weighted by atomic mass is 35.5. The number of aryl methyl sites for hydroxylation is 1. The van der Waals surface area contributed by atoms with E-state index in [0.29, 0.717) is 11.7 Å². The van der Waals surface area contributed by atoms with Crippen LogP contribution in [0.4, 0.5) is 5.82 Å². The Hall–Kier alpha value is -2.60. The van der Waals surface area contributed by atoms with Crippen LogP contribution in [-0.2, 0) is 4.79 Å². The minimum Gasteiger partial charge on any atom is -0.309 e. The molecule has 1 fully saturated rings. The van der Waals surface area contributed by atoms with E-state index in [9.17, 15) is 4.79 Å². The van der Waals surface area contributed by atoms with Gasteiger partial charge in [0.05, 0.1) is 17.8 Å². The highest BCUT2D eigenvalue weighted by molar-refractivity contribution is 6.31. The van der Waals surface area contributed by atoms with Gasteiger partial charge in [0.2, 0.25) is 5.91 Å². The molecule has 0 unspecified atom stereocenters. The largest absolute Gasteiger partial charge is 0.309 e. The normalized spacial score (nSPS) is 15.0. The smallest absolute Gasteiger partial charge is 0.232 e. The van der Waals surface area contributed by atoms with Gasteiger partial charge in [-0.25, -0.2) is 4.68 Å². The molecule has 1 aliphatic carbocycles. The molecule has 1 atom stereocenters. The number of amides is 1. The Labute approximate surface area is 156 Å². The van der Waals surface area contributed by atoms with E-state index in [0.717, 1.165) is 27.5 Å². The van der Waals surface area contributed by atoms with E-state index < -0.39 is 0 Å². The summed E-state index contributed by atoms with van der Waals surface area (Å²) in [5.74, 6) is 0.708. The van der Waals surface area contributed by atoms with Crippen molar-refractivity contribution in [1.29, 1.82) is 0 Å². The highest BCUT2D eigenvalue weighted by Gasteiger charge is 2.26. The molecule has 0 radical (unpaired) electrons. The van der Waals surface area contributed by atoms with Crippen LogP contribution in [0.25, 0.3) is 5.69 Å². The van der Waals surface area contributed by atoms with Crippen molar-refractivity contribution in [3.05, 3.63) is 58.5 Å². The minimum absolute atomic E-state index is 0.106. The zero-order valence-electron chi connectivity index (χ0n) is 14.7. The molecule has 0 aliphatic heterocycles. The maximum atomic E-state index is 12.5. The number of nitrogens with zero attached hydrogens (tertiary/aromatic N) is 3. The zero-order chi connectivity index (χ0) is 18.3. The van der Waals surface area contributed by atoms with Crippen LogP contribution in [0.1, 0.15) is 48.4 Å². The number of rotatable bonds is 5. The summed E-state index contributed by atoms with van der Waals surface area (Å²) in [5.41, 5.74) is 3.83. The van der Waals surface area contributed by atoms with Crippen LogP contribution in [0, 0.1) is 6.92 Å². The van der Waals surface area contributed by atoms with Crippen LogP contribution < -0.4 is 5.32 Å². The molecule has 1 saturated carbocycles. The summed E-state index contributed by atoms with van der Waals surface area (Å²) >= 11 is 6.08. The van der Waals surface area contributed by atoms with Crippen molar-refractivity contribution < 1.29 is 4.79 Å². The lowest BCUT2D eigenvalue weighted by Gasteiger charge is -2.08. The van der Waals surface area contributed by atoms with Crippen molar-refractivity contribution in [2.45, 2.75) is 38.5 Å². The SMILES string of the molecule is Cc1cc(-n2cc([C@H](C)C(=O)Nc3cc(C4CC4)[nH]n3)cn2)ccc1Cl. The molecule has 1 aliphatic rings. The third-order valence-electron chi connectivity index (χ3n) is 4.77. The summed E-state index contributed by atoms with van der Waals surface area (Å²) in [6.07, 6.45) is 5.96. The van der Waals surface area contributed by atoms with Crippen LogP contribution in [0.3, 0.4) is 0 Å². The number of carbonyl (C=O) groups excluding carboxylic acids is 1. The maximum Gasteiger partial charge on any atom is 0.232 e. The first-order chi connectivity index (χ1) is 12.5. The summed E-state index contributed by atoms with van der Waals surface area (Å²) in [6, 6.07) is 7.63. The molecule has 4 rings (SSSR count). The van der Waals surface area contributed by atoms with Crippen molar-refractivity contribution >= 4 is 23.3 Å². The number of hydrogen-bond donors (Lipinski definition) is 2. The van der Waals surface area contributed by atoms with Gasteiger partial charge in [0.1, 0.15) is 0 Å². The first-order valence-corrected chi connectivity index (χ1v) is 9.06. The number of benzene rings is 1. The molecule has 2 aromatic heterocycles. The van der Waals surface area contributed by atoms with E-state index in [4.69, 9.17) is 11.6 Å². The Morgan fingerprint density at radius 2 is 2.19 bits per heavy atom. The van der Waals surface area contributed by atoms with Gasteiger partial charge in [0.25, 0.3) is 0 Å². The number of H-pyrrole nitrogens is 1. The number of anilines is 1. The third-order valence-corrected chi connectivity index (χ3v) is 5.19. The van der Waals surface area contributed by atoms with Gasteiger partial charge in [-0.3, -0.25) is 9.89 Å². The number of nitrogens with one attached hydrogen (secondary N) is 2. The Kier molecular flexibility index (Phi) is 4.28. The quantitative estimate of drug-likeness (QED) is 0.708. The Morgan fingerprint density at radius 3 is 2.92 bits per heavy atom. The van der Waals surface area contributed by atoms with Gasteiger partial charge in [-0.2, -0.15) is 10.2 Å². The van der Waals surface area contributed by atoms with Crippen LogP contribution in [-0.4, -0.2) is 25.9 Å². The van der Waals surface area contributed by atoms with E-state index in [1.165, 1.54) is 12.8 Å². The third kappa shape index (κ3) is 3.37. The van der Waals surface area contributed by atoms with Gasteiger partial charge >= 0.3 is 0 Å². The second-order valence-electron chi connectivity index (χ2n) is 6.85. The standard InChI is InChI=1S/C19H20ClN5O/c1-11-7-15(5-6-16(11)20)25-10-14(9-21-25)12(2)19(26)22-18-8-17(23-24-18)13-3-4-13/h5-10,12-13H,3-4H2,1-2H3,(H2,22,23,24,26)/t12-/m0/s1. The van der Waals surface area contributed by atoms with Gasteiger partial charge in [0.15, 0.2) is 5.82 Å². The Balaban J connectivity index is 1.46. The van der Waals surface area contributed by atoms with Gasteiger partial charge in [-0.15, -0.1) is 0 Å². The number of carbonyl (C=O) groups is 1. The van der Waals surface area contributed by atoms with Crippen molar-refractivity contribution in [2.75, 3.05) is 5.32 Å². The average Bonchev–Trinajstić information content (AvgIpc) is 3.17. The van der Waals surface area contributed by atoms with Gasteiger partial charge < -0.3 is 5.32 Å².